The number of thiazole rings is 1. The second kappa shape index (κ2) is 10.3. The van der Waals surface area contributed by atoms with E-state index in [0.717, 1.165) is 16.3 Å². The van der Waals surface area contributed by atoms with Crippen molar-refractivity contribution >= 4 is 56.7 Å². The highest BCUT2D eigenvalue weighted by molar-refractivity contribution is 7.99. The molecule has 0 bridgehead atoms. The molecular weight excluding hydrogens is 454 g/mol. The third-order valence-electron chi connectivity index (χ3n) is 4.95. The number of hydrogen-bond acceptors (Lipinski definition) is 6. The van der Waals surface area contributed by atoms with Gasteiger partial charge in [0.25, 0.3) is 5.91 Å². The first kappa shape index (κ1) is 21.9. The molecule has 0 atom stereocenters. The summed E-state index contributed by atoms with van der Waals surface area (Å²) >= 11 is 9.10. The number of fused-ring (bicyclic) bond motifs is 1. The average molecular weight is 476 g/mol. The Kier molecular flexibility index (Phi) is 7.32. The van der Waals surface area contributed by atoms with Crippen molar-refractivity contribution in [2.24, 2.45) is 0 Å². The van der Waals surface area contributed by atoms with Gasteiger partial charge in [0.15, 0.2) is 6.61 Å². The lowest BCUT2D eigenvalue weighted by atomic mass is 10.3. The third kappa shape index (κ3) is 5.90. The Morgan fingerprint density at radius 2 is 1.68 bits per heavy atom. The molecule has 0 saturated carbocycles. The molecule has 2 amide bonds. The second-order valence-electron chi connectivity index (χ2n) is 7.07. The van der Waals surface area contributed by atoms with Crippen molar-refractivity contribution < 1.29 is 14.3 Å². The van der Waals surface area contributed by atoms with Crippen LogP contribution in [-0.4, -0.2) is 65.1 Å². The first-order valence-corrected chi connectivity index (χ1v) is 12.3. The largest absolute Gasteiger partial charge is 0.484 e. The molecule has 1 aliphatic rings. The lowest BCUT2D eigenvalue weighted by molar-refractivity contribution is -0.139. The first-order valence-electron chi connectivity index (χ1n) is 9.94. The number of carbonyl (C=O) groups excluding carboxylic acids is 2. The number of piperazine rings is 1. The molecule has 0 N–H and O–H groups in total. The van der Waals surface area contributed by atoms with Crippen molar-refractivity contribution in [3.8, 4) is 5.75 Å². The maximum Gasteiger partial charge on any atom is 0.260 e. The Morgan fingerprint density at radius 1 is 1.00 bits per heavy atom. The zero-order valence-electron chi connectivity index (χ0n) is 16.8. The van der Waals surface area contributed by atoms with Gasteiger partial charge in [0.2, 0.25) is 5.91 Å². The fraction of sp³-hybridized carbons (Fsp3) is 0.318. The average Bonchev–Trinajstić information content (AvgIpc) is 3.21. The van der Waals surface area contributed by atoms with Crippen molar-refractivity contribution in [3.05, 3.63) is 58.6 Å². The van der Waals surface area contributed by atoms with E-state index in [1.54, 1.807) is 52.3 Å². The number of halogens is 1. The topological polar surface area (TPSA) is 62.7 Å². The molecule has 2 heterocycles. The molecule has 2 aromatic carbocycles. The van der Waals surface area contributed by atoms with Crippen LogP contribution in [-0.2, 0) is 15.3 Å². The van der Waals surface area contributed by atoms with E-state index in [9.17, 15) is 9.59 Å². The highest BCUT2D eigenvalue weighted by Crippen LogP contribution is 2.25. The van der Waals surface area contributed by atoms with Gasteiger partial charge in [0.05, 0.1) is 16.0 Å². The molecule has 0 radical (unpaired) electrons. The van der Waals surface area contributed by atoms with Gasteiger partial charge in [-0.2, -0.15) is 0 Å². The Labute approximate surface area is 194 Å². The van der Waals surface area contributed by atoms with Crippen molar-refractivity contribution in [1.82, 2.24) is 14.8 Å². The Morgan fingerprint density at radius 3 is 2.39 bits per heavy atom. The van der Waals surface area contributed by atoms with Gasteiger partial charge in [0.1, 0.15) is 10.8 Å². The summed E-state index contributed by atoms with van der Waals surface area (Å²) in [5.74, 6) is 1.79. The van der Waals surface area contributed by atoms with E-state index in [4.69, 9.17) is 16.3 Å². The van der Waals surface area contributed by atoms with Crippen molar-refractivity contribution in [3.63, 3.8) is 0 Å². The number of rotatable bonds is 7. The molecule has 162 valence electrons. The predicted molar refractivity (Wildman–Crippen MR) is 126 cm³/mol. The van der Waals surface area contributed by atoms with Gasteiger partial charge in [-0.05, 0) is 36.4 Å². The molecule has 31 heavy (non-hydrogen) atoms. The number of carbonyl (C=O) groups is 2. The van der Waals surface area contributed by atoms with Crippen LogP contribution in [0.25, 0.3) is 10.2 Å². The summed E-state index contributed by atoms with van der Waals surface area (Å²) in [6, 6.07) is 15.0. The van der Waals surface area contributed by atoms with Crippen LogP contribution >= 0.6 is 34.7 Å². The summed E-state index contributed by atoms with van der Waals surface area (Å²) in [5.41, 5.74) is 1.01. The van der Waals surface area contributed by atoms with Gasteiger partial charge in [-0.1, -0.05) is 23.7 Å². The lowest BCUT2D eigenvalue weighted by Crippen LogP contribution is -2.52. The number of hydrogen-bond donors (Lipinski definition) is 0. The van der Waals surface area contributed by atoms with E-state index in [-0.39, 0.29) is 18.4 Å². The fourth-order valence-corrected chi connectivity index (χ4v) is 5.34. The lowest BCUT2D eigenvalue weighted by Gasteiger charge is -2.34. The number of amides is 2. The van der Waals surface area contributed by atoms with E-state index < -0.39 is 0 Å². The first-order chi connectivity index (χ1) is 15.1. The van der Waals surface area contributed by atoms with Crippen molar-refractivity contribution in [2.75, 3.05) is 38.5 Å². The summed E-state index contributed by atoms with van der Waals surface area (Å²) < 4.78 is 6.70. The molecule has 1 aliphatic heterocycles. The monoisotopic (exact) mass is 475 g/mol. The minimum atomic E-state index is -0.0766. The molecule has 0 unspecified atom stereocenters. The predicted octanol–water partition coefficient (Wildman–Crippen LogP) is 3.93. The molecule has 1 fully saturated rings. The van der Waals surface area contributed by atoms with Crippen LogP contribution in [0, 0.1) is 0 Å². The smallest absolute Gasteiger partial charge is 0.260 e. The van der Waals surface area contributed by atoms with Gasteiger partial charge in [-0.25, -0.2) is 4.98 Å². The number of benzene rings is 2. The Balaban J connectivity index is 1.17. The molecule has 3 aromatic rings. The molecule has 1 aromatic heterocycles. The van der Waals surface area contributed by atoms with Gasteiger partial charge in [-0.3, -0.25) is 9.59 Å². The highest BCUT2D eigenvalue weighted by Gasteiger charge is 2.24. The van der Waals surface area contributed by atoms with E-state index in [1.807, 2.05) is 23.1 Å². The highest BCUT2D eigenvalue weighted by atomic mass is 35.5. The van der Waals surface area contributed by atoms with Crippen LogP contribution in [0.3, 0.4) is 0 Å². The number of ether oxygens (including phenoxy) is 1. The minimum absolute atomic E-state index is 0.0202. The molecule has 0 spiro atoms. The molecule has 6 nitrogen and oxygen atoms in total. The number of aromatic nitrogens is 1. The van der Waals surface area contributed by atoms with Gasteiger partial charge in [-0.15, -0.1) is 23.1 Å². The van der Waals surface area contributed by atoms with Crippen LogP contribution in [0.5, 0.6) is 5.75 Å². The van der Waals surface area contributed by atoms with Crippen LogP contribution in [0.1, 0.15) is 5.01 Å². The summed E-state index contributed by atoms with van der Waals surface area (Å²) in [6.45, 7) is 2.13. The van der Waals surface area contributed by atoms with Gasteiger partial charge in [0, 0.05) is 37.0 Å². The summed E-state index contributed by atoms with van der Waals surface area (Å²) in [4.78, 5) is 33.1. The maximum absolute atomic E-state index is 12.5. The summed E-state index contributed by atoms with van der Waals surface area (Å²) in [6.07, 6.45) is 0. The number of nitrogens with zero attached hydrogens (tertiary/aromatic N) is 3. The fourth-order valence-electron chi connectivity index (χ4n) is 3.27. The minimum Gasteiger partial charge on any atom is -0.484 e. The van der Waals surface area contributed by atoms with Crippen molar-refractivity contribution in [2.45, 2.75) is 5.75 Å². The normalized spacial score (nSPS) is 14.1. The van der Waals surface area contributed by atoms with Crippen molar-refractivity contribution in [1.29, 1.82) is 0 Å². The maximum atomic E-state index is 12.5. The van der Waals surface area contributed by atoms with E-state index >= 15 is 0 Å². The molecular formula is C22H22ClN3O3S2. The van der Waals surface area contributed by atoms with Crippen LogP contribution in [0.2, 0.25) is 5.02 Å². The van der Waals surface area contributed by atoms with Gasteiger partial charge < -0.3 is 14.5 Å². The number of para-hydroxylation sites is 1. The summed E-state index contributed by atoms with van der Waals surface area (Å²) in [7, 11) is 0. The van der Waals surface area contributed by atoms with E-state index in [1.165, 1.54) is 4.70 Å². The van der Waals surface area contributed by atoms with Crippen LogP contribution in [0.15, 0.2) is 48.5 Å². The standard InChI is InChI=1S/C22H22ClN3O3S2/c23-16-5-7-17(8-6-16)29-13-21(27)25-9-11-26(12-10-25)22(28)15-30-14-20-24-18-3-1-2-4-19(18)31-20/h1-8H,9-15H2. The second-order valence-corrected chi connectivity index (χ2v) is 9.61. The van der Waals surface area contributed by atoms with Crippen LogP contribution < -0.4 is 4.74 Å². The molecule has 9 heteroatoms. The molecule has 1 saturated heterocycles. The van der Waals surface area contributed by atoms with Crippen LogP contribution in [0.4, 0.5) is 0 Å². The Hall–Kier alpha value is -2.29. The SMILES string of the molecule is O=C(COc1ccc(Cl)cc1)N1CCN(C(=O)CSCc2nc3ccccc3s2)CC1. The third-order valence-corrected chi connectivity index (χ3v) is 7.35. The zero-order chi connectivity index (χ0) is 21.6. The van der Waals surface area contributed by atoms with E-state index in [2.05, 4.69) is 11.1 Å². The quantitative estimate of drug-likeness (QED) is 0.518. The zero-order valence-corrected chi connectivity index (χ0v) is 19.2. The molecule has 0 aliphatic carbocycles. The molecule has 4 rings (SSSR count). The number of thioether (sulfide) groups is 1. The van der Waals surface area contributed by atoms with E-state index in [0.29, 0.717) is 42.7 Å². The summed E-state index contributed by atoms with van der Waals surface area (Å²) in [5, 5.41) is 1.66. The Bertz CT molecular complexity index is 1020. The van der Waals surface area contributed by atoms with Gasteiger partial charge >= 0.3 is 0 Å².